The highest BCUT2D eigenvalue weighted by atomic mass is 32.2. The van der Waals surface area contributed by atoms with Gasteiger partial charge in [0.2, 0.25) is 0 Å². The van der Waals surface area contributed by atoms with Crippen molar-refractivity contribution in [2.75, 3.05) is 0 Å². The quantitative estimate of drug-likeness (QED) is 0.192. The molecule has 1 aromatic carbocycles. The van der Waals surface area contributed by atoms with E-state index >= 15 is 0 Å². The average Bonchev–Trinajstić information content (AvgIpc) is 2.71. The normalized spacial score (nSPS) is 13.7. The Morgan fingerprint density at radius 3 is 2.07 bits per heavy atom. The molecule has 0 heterocycles. The van der Waals surface area contributed by atoms with Gasteiger partial charge in [0.15, 0.2) is 0 Å². The lowest BCUT2D eigenvalue weighted by Gasteiger charge is -2.14. The second kappa shape index (κ2) is 13.3. The van der Waals surface area contributed by atoms with Crippen molar-refractivity contribution in [2.45, 2.75) is 85.0 Å². The second-order valence-electron chi connectivity index (χ2n) is 8.10. The van der Waals surface area contributed by atoms with Crippen molar-refractivity contribution in [3.05, 3.63) is 76.6 Å². The molecule has 166 valence electrons. The molecule has 0 bridgehead atoms. The van der Waals surface area contributed by atoms with Gasteiger partial charge >= 0.3 is 10.1 Å². The van der Waals surface area contributed by atoms with Crippen LogP contribution < -0.4 is 0 Å². The van der Waals surface area contributed by atoms with E-state index < -0.39 is 10.1 Å². The van der Waals surface area contributed by atoms with Crippen molar-refractivity contribution in [1.29, 1.82) is 0 Å². The zero-order valence-electron chi connectivity index (χ0n) is 19.5. The third-order valence-electron chi connectivity index (χ3n) is 5.06. The first-order chi connectivity index (χ1) is 14.2. The molecule has 1 aromatic rings. The van der Waals surface area contributed by atoms with Crippen molar-refractivity contribution >= 4 is 10.1 Å². The fourth-order valence-corrected chi connectivity index (χ4v) is 3.99. The zero-order valence-corrected chi connectivity index (χ0v) is 20.3. The van der Waals surface area contributed by atoms with E-state index in [1.807, 2.05) is 6.92 Å². The Morgan fingerprint density at radius 2 is 1.47 bits per heavy atom. The standard InChI is InChI=1S/C26H38O3S/c1-7-22(4)14-12-15-23(5)19-20-26(24(6)16-11-13-21(2)3)29-30(27,28)25-17-9-8-10-18-25/h7-10,13,15,17-18H,11-12,14,16,19-20H2,1-6H3/b22-7+,23-15+,26-24+. The Hall–Kier alpha value is -2.07. The maximum Gasteiger partial charge on any atom is 0.338 e. The Labute approximate surface area is 184 Å². The van der Waals surface area contributed by atoms with Gasteiger partial charge in [0, 0.05) is 6.42 Å². The molecule has 0 fully saturated rings. The summed E-state index contributed by atoms with van der Waals surface area (Å²) < 4.78 is 31.2. The first kappa shape index (κ1) is 26.0. The molecule has 3 nitrogen and oxygen atoms in total. The van der Waals surface area contributed by atoms with Crippen LogP contribution in [0.2, 0.25) is 0 Å². The molecule has 0 unspecified atom stereocenters. The number of rotatable bonds is 12. The van der Waals surface area contributed by atoms with Crippen molar-refractivity contribution in [1.82, 2.24) is 0 Å². The number of allylic oxidation sites excluding steroid dienone is 8. The molecule has 0 aliphatic rings. The molecule has 0 saturated heterocycles. The van der Waals surface area contributed by atoms with Crippen molar-refractivity contribution < 1.29 is 12.6 Å². The average molecular weight is 431 g/mol. The summed E-state index contributed by atoms with van der Waals surface area (Å²) in [4.78, 5) is 0.189. The minimum atomic E-state index is -3.83. The summed E-state index contributed by atoms with van der Waals surface area (Å²) in [7, 11) is -3.83. The van der Waals surface area contributed by atoms with Crippen LogP contribution in [0.25, 0.3) is 0 Å². The minimum Gasteiger partial charge on any atom is -0.384 e. The van der Waals surface area contributed by atoms with E-state index in [1.165, 1.54) is 16.7 Å². The van der Waals surface area contributed by atoms with Crippen LogP contribution in [0.1, 0.15) is 80.1 Å². The van der Waals surface area contributed by atoms with Gasteiger partial charge in [0.05, 0.1) is 0 Å². The van der Waals surface area contributed by atoms with Gasteiger partial charge in [0.1, 0.15) is 10.7 Å². The molecular formula is C26H38O3S. The highest BCUT2D eigenvalue weighted by Crippen LogP contribution is 2.25. The summed E-state index contributed by atoms with van der Waals surface area (Å²) in [5.74, 6) is 0.568. The predicted molar refractivity (Wildman–Crippen MR) is 128 cm³/mol. The van der Waals surface area contributed by atoms with Crippen LogP contribution in [-0.2, 0) is 14.3 Å². The zero-order chi connectivity index (χ0) is 22.6. The van der Waals surface area contributed by atoms with Gasteiger partial charge in [-0.25, -0.2) is 0 Å². The molecule has 0 amide bonds. The van der Waals surface area contributed by atoms with Crippen molar-refractivity contribution in [2.24, 2.45) is 0 Å². The van der Waals surface area contributed by atoms with Gasteiger partial charge < -0.3 is 4.18 Å². The summed E-state index contributed by atoms with van der Waals surface area (Å²) >= 11 is 0. The Balaban J connectivity index is 2.95. The van der Waals surface area contributed by atoms with Crippen LogP contribution in [0.5, 0.6) is 0 Å². The fraction of sp³-hybridized carbons (Fsp3) is 0.462. The van der Waals surface area contributed by atoms with Crippen molar-refractivity contribution in [3.63, 3.8) is 0 Å². The summed E-state index contributed by atoms with van der Waals surface area (Å²) in [6.45, 7) is 12.4. The van der Waals surface area contributed by atoms with Crippen LogP contribution >= 0.6 is 0 Å². The maximum absolute atomic E-state index is 12.8. The molecule has 0 aliphatic carbocycles. The topological polar surface area (TPSA) is 43.4 Å². The summed E-state index contributed by atoms with van der Waals surface area (Å²) in [6, 6.07) is 8.35. The van der Waals surface area contributed by atoms with Crippen LogP contribution in [0.4, 0.5) is 0 Å². The molecule has 30 heavy (non-hydrogen) atoms. The maximum atomic E-state index is 12.8. The molecule has 4 heteroatoms. The first-order valence-corrected chi connectivity index (χ1v) is 12.2. The van der Waals surface area contributed by atoms with Crippen molar-refractivity contribution in [3.8, 4) is 0 Å². The van der Waals surface area contributed by atoms with Gasteiger partial charge in [0.25, 0.3) is 0 Å². The van der Waals surface area contributed by atoms with E-state index in [-0.39, 0.29) is 4.90 Å². The molecular weight excluding hydrogens is 392 g/mol. The van der Waals surface area contributed by atoms with Crippen LogP contribution in [0, 0.1) is 0 Å². The summed E-state index contributed by atoms with van der Waals surface area (Å²) in [5.41, 5.74) is 4.89. The smallest absolute Gasteiger partial charge is 0.338 e. The third kappa shape index (κ3) is 10.1. The van der Waals surface area contributed by atoms with Crippen LogP contribution in [-0.4, -0.2) is 8.42 Å². The highest BCUT2D eigenvalue weighted by molar-refractivity contribution is 7.86. The number of hydrogen-bond donors (Lipinski definition) is 0. The molecule has 0 spiro atoms. The molecule has 0 aromatic heterocycles. The lowest BCUT2D eigenvalue weighted by molar-refractivity contribution is 0.383. The van der Waals surface area contributed by atoms with E-state index in [4.69, 9.17) is 4.18 Å². The first-order valence-electron chi connectivity index (χ1n) is 10.7. The highest BCUT2D eigenvalue weighted by Gasteiger charge is 2.19. The summed E-state index contributed by atoms with van der Waals surface area (Å²) in [5, 5.41) is 0. The number of benzene rings is 1. The summed E-state index contributed by atoms with van der Waals surface area (Å²) in [6.07, 6.45) is 11.6. The second-order valence-corrected chi connectivity index (χ2v) is 9.64. The van der Waals surface area contributed by atoms with E-state index in [2.05, 4.69) is 52.8 Å². The van der Waals surface area contributed by atoms with Gasteiger partial charge in [-0.05, 0) is 91.4 Å². The van der Waals surface area contributed by atoms with Crippen LogP contribution in [0.15, 0.2) is 81.5 Å². The molecule has 0 aliphatic heterocycles. The van der Waals surface area contributed by atoms with E-state index in [9.17, 15) is 8.42 Å². The van der Waals surface area contributed by atoms with Gasteiger partial charge in [-0.3, -0.25) is 0 Å². The van der Waals surface area contributed by atoms with Gasteiger partial charge in [-0.1, -0.05) is 53.1 Å². The fourth-order valence-electron chi connectivity index (χ4n) is 2.91. The van der Waals surface area contributed by atoms with E-state index in [0.29, 0.717) is 12.2 Å². The molecule has 1 rings (SSSR count). The number of hydrogen-bond acceptors (Lipinski definition) is 3. The SMILES string of the molecule is C/C=C(\C)CC/C=C(\C)CC/C(OS(=O)(=O)c1ccccc1)=C(/C)CCC=C(C)C. The predicted octanol–water partition coefficient (Wildman–Crippen LogP) is 7.89. The van der Waals surface area contributed by atoms with Gasteiger partial charge in [-0.2, -0.15) is 8.42 Å². The minimum absolute atomic E-state index is 0.189. The lowest BCUT2D eigenvalue weighted by atomic mass is 10.0. The van der Waals surface area contributed by atoms with Gasteiger partial charge in [-0.15, -0.1) is 0 Å². The largest absolute Gasteiger partial charge is 0.384 e. The molecule has 0 N–H and O–H groups in total. The Bertz CT molecular complexity index is 881. The van der Waals surface area contributed by atoms with E-state index in [0.717, 1.165) is 37.7 Å². The van der Waals surface area contributed by atoms with Crippen LogP contribution in [0.3, 0.4) is 0 Å². The molecule has 0 radical (unpaired) electrons. The van der Waals surface area contributed by atoms with E-state index in [1.54, 1.807) is 30.3 Å². The Morgan fingerprint density at radius 1 is 0.833 bits per heavy atom. The molecule has 0 saturated carbocycles. The molecule has 0 atom stereocenters. The monoisotopic (exact) mass is 430 g/mol. The third-order valence-corrected chi connectivity index (χ3v) is 6.33. The Kier molecular flexibility index (Phi) is 11.5. The lowest BCUT2D eigenvalue weighted by Crippen LogP contribution is -2.08.